The Bertz CT molecular complexity index is 628. The Kier molecular flexibility index (Phi) is 6.30. The molecule has 0 radical (unpaired) electrons. The van der Waals surface area contributed by atoms with Gasteiger partial charge in [-0.25, -0.2) is 0 Å². The van der Waals surface area contributed by atoms with E-state index in [1.54, 1.807) is 0 Å². The smallest absolute Gasteiger partial charge is 0.0408 e. The summed E-state index contributed by atoms with van der Waals surface area (Å²) in [7, 11) is 0. The first-order valence-electron chi connectivity index (χ1n) is 6.94. The molecule has 1 atom stereocenters. The maximum absolute atomic E-state index is 6.09. The van der Waals surface area contributed by atoms with Crippen LogP contribution in [0.4, 0.5) is 0 Å². The number of nitrogens with one attached hydrogen (secondary N) is 1. The molecule has 2 aromatic rings. The van der Waals surface area contributed by atoms with Crippen LogP contribution in [0.2, 0.25) is 5.02 Å². The summed E-state index contributed by atoms with van der Waals surface area (Å²) in [4.78, 5) is 0. The third-order valence-corrected chi connectivity index (χ3v) is 5.21. The molecule has 0 heterocycles. The van der Waals surface area contributed by atoms with Crippen LogP contribution in [0.1, 0.15) is 29.7 Å². The number of benzene rings is 2. The first-order valence-corrected chi connectivity index (χ1v) is 8.91. The molecule has 2 rings (SSSR count). The lowest BCUT2D eigenvalue weighted by atomic mass is 9.98. The fraction of sp³-hybridized carbons (Fsp3) is 0.294. The monoisotopic (exact) mass is 429 g/mol. The molecule has 0 saturated heterocycles. The molecule has 1 N–H and O–H groups in total. The number of hydrogen-bond acceptors (Lipinski definition) is 1. The molecule has 0 amide bonds. The lowest BCUT2D eigenvalue weighted by molar-refractivity contribution is 0.547. The van der Waals surface area contributed by atoms with Crippen molar-refractivity contribution in [1.82, 2.24) is 5.32 Å². The molecule has 112 valence electrons. The van der Waals surface area contributed by atoms with E-state index in [4.69, 9.17) is 11.6 Å². The molecule has 2 aromatic carbocycles. The summed E-state index contributed by atoms with van der Waals surface area (Å²) in [5.74, 6) is 0. The summed E-state index contributed by atoms with van der Waals surface area (Å²) in [6, 6.07) is 12.7. The molecule has 1 unspecified atom stereocenters. The van der Waals surface area contributed by atoms with Gasteiger partial charge in [0, 0.05) is 20.0 Å². The van der Waals surface area contributed by atoms with Crippen LogP contribution in [-0.4, -0.2) is 6.54 Å². The lowest BCUT2D eigenvalue weighted by Crippen LogP contribution is -2.23. The number of hydrogen-bond donors (Lipinski definition) is 1. The average Bonchev–Trinajstić information content (AvgIpc) is 2.42. The van der Waals surface area contributed by atoms with Crippen molar-refractivity contribution in [1.29, 1.82) is 0 Å². The first-order chi connectivity index (χ1) is 10.0. The van der Waals surface area contributed by atoms with Gasteiger partial charge in [0.05, 0.1) is 0 Å². The minimum Gasteiger partial charge on any atom is -0.310 e. The normalized spacial score (nSPS) is 12.4. The predicted molar refractivity (Wildman–Crippen MR) is 98.2 cm³/mol. The lowest BCUT2D eigenvalue weighted by Gasteiger charge is -2.21. The highest BCUT2D eigenvalue weighted by molar-refractivity contribution is 9.11. The second kappa shape index (κ2) is 7.77. The van der Waals surface area contributed by atoms with Gasteiger partial charge in [0.15, 0.2) is 0 Å². The minimum atomic E-state index is 0.250. The Hall–Kier alpha value is -0.350. The van der Waals surface area contributed by atoms with Gasteiger partial charge >= 0.3 is 0 Å². The van der Waals surface area contributed by atoms with Gasteiger partial charge in [0.2, 0.25) is 0 Å². The van der Waals surface area contributed by atoms with E-state index >= 15 is 0 Å². The highest BCUT2D eigenvalue weighted by atomic mass is 79.9. The van der Waals surface area contributed by atoms with Crippen molar-refractivity contribution in [2.45, 2.75) is 26.3 Å². The molecule has 0 aromatic heterocycles. The minimum absolute atomic E-state index is 0.250. The van der Waals surface area contributed by atoms with E-state index in [9.17, 15) is 0 Å². The Balaban J connectivity index is 2.33. The second-order valence-electron chi connectivity index (χ2n) is 5.07. The van der Waals surface area contributed by atoms with Crippen LogP contribution < -0.4 is 5.32 Å². The quantitative estimate of drug-likeness (QED) is 0.606. The molecule has 0 fully saturated rings. The SMILES string of the molecule is CCNC(Cc1cccc(Cl)c1)c1cc(Br)c(C)cc1Br. The molecule has 21 heavy (non-hydrogen) atoms. The number of likely N-dealkylation sites (N-methyl/N-ethyl adjacent to an activating group) is 1. The highest BCUT2D eigenvalue weighted by Crippen LogP contribution is 2.31. The molecule has 1 nitrogen and oxygen atoms in total. The van der Waals surface area contributed by atoms with Crippen molar-refractivity contribution >= 4 is 43.5 Å². The predicted octanol–water partition coefficient (Wildman–Crippen LogP) is 6.07. The standard InChI is InChI=1S/C17H18Br2ClN/c1-3-21-17(9-12-5-4-6-13(20)8-12)14-10-15(18)11(2)7-16(14)19/h4-8,10,17,21H,3,9H2,1-2H3. The summed E-state index contributed by atoms with van der Waals surface area (Å²) in [5.41, 5.74) is 3.72. The Morgan fingerprint density at radius 2 is 1.90 bits per heavy atom. The molecular formula is C17H18Br2ClN. The van der Waals surface area contributed by atoms with E-state index in [-0.39, 0.29) is 6.04 Å². The molecule has 0 bridgehead atoms. The largest absolute Gasteiger partial charge is 0.310 e. The van der Waals surface area contributed by atoms with E-state index in [1.165, 1.54) is 16.7 Å². The average molecular weight is 432 g/mol. The van der Waals surface area contributed by atoms with Gasteiger partial charge in [-0.2, -0.15) is 0 Å². The third kappa shape index (κ3) is 4.56. The molecule has 0 aliphatic heterocycles. The van der Waals surface area contributed by atoms with Gasteiger partial charge < -0.3 is 5.32 Å². The van der Waals surface area contributed by atoms with E-state index in [1.807, 2.05) is 18.2 Å². The van der Waals surface area contributed by atoms with Gasteiger partial charge in [-0.15, -0.1) is 0 Å². The van der Waals surface area contributed by atoms with Gasteiger partial charge in [-0.1, -0.05) is 62.5 Å². The summed E-state index contributed by atoms with van der Waals surface area (Å²) in [6.45, 7) is 5.14. The van der Waals surface area contributed by atoms with E-state index in [0.717, 1.165) is 26.9 Å². The maximum Gasteiger partial charge on any atom is 0.0408 e. The van der Waals surface area contributed by atoms with Crippen molar-refractivity contribution < 1.29 is 0 Å². The fourth-order valence-corrected chi connectivity index (χ4v) is 3.67. The number of rotatable bonds is 5. The van der Waals surface area contributed by atoms with Crippen LogP contribution in [0.5, 0.6) is 0 Å². The van der Waals surface area contributed by atoms with Crippen molar-refractivity contribution in [3.63, 3.8) is 0 Å². The van der Waals surface area contributed by atoms with E-state index < -0.39 is 0 Å². The Labute approximate surface area is 148 Å². The van der Waals surface area contributed by atoms with Crippen LogP contribution in [0.15, 0.2) is 45.3 Å². The van der Waals surface area contributed by atoms with Crippen LogP contribution in [-0.2, 0) is 6.42 Å². The fourth-order valence-electron chi connectivity index (χ4n) is 2.37. The van der Waals surface area contributed by atoms with Crippen LogP contribution >= 0.6 is 43.5 Å². The number of aryl methyl sites for hydroxylation is 1. The van der Waals surface area contributed by atoms with Crippen molar-refractivity contribution in [2.24, 2.45) is 0 Å². The summed E-state index contributed by atoms with van der Waals surface area (Å²) in [5, 5.41) is 4.34. The van der Waals surface area contributed by atoms with Gasteiger partial charge in [-0.3, -0.25) is 0 Å². The highest BCUT2D eigenvalue weighted by Gasteiger charge is 2.16. The summed E-state index contributed by atoms with van der Waals surface area (Å²) >= 11 is 13.4. The van der Waals surface area contributed by atoms with Gasteiger partial charge in [0.1, 0.15) is 0 Å². The number of halogens is 3. The molecule has 0 spiro atoms. The third-order valence-electron chi connectivity index (χ3n) is 3.43. The van der Waals surface area contributed by atoms with E-state index in [2.05, 4.69) is 69.2 Å². The Morgan fingerprint density at radius 1 is 1.14 bits per heavy atom. The topological polar surface area (TPSA) is 12.0 Å². The van der Waals surface area contributed by atoms with Crippen molar-refractivity contribution in [3.05, 3.63) is 67.1 Å². The molecule has 4 heteroatoms. The van der Waals surface area contributed by atoms with Crippen LogP contribution in [0.25, 0.3) is 0 Å². The zero-order valence-corrected chi connectivity index (χ0v) is 16.0. The van der Waals surface area contributed by atoms with Gasteiger partial charge in [0.25, 0.3) is 0 Å². The van der Waals surface area contributed by atoms with Crippen LogP contribution in [0, 0.1) is 6.92 Å². The first kappa shape index (κ1) is 17.0. The van der Waals surface area contributed by atoms with Crippen molar-refractivity contribution in [2.75, 3.05) is 6.54 Å². The molecule has 0 aliphatic carbocycles. The maximum atomic E-state index is 6.09. The molecule has 0 saturated carbocycles. The van der Waals surface area contributed by atoms with Crippen molar-refractivity contribution in [3.8, 4) is 0 Å². The van der Waals surface area contributed by atoms with Gasteiger partial charge in [-0.05, 0) is 60.8 Å². The zero-order valence-electron chi connectivity index (χ0n) is 12.1. The second-order valence-corrected chi connectivity index (χ2v) is 7.21. The Morgan fingerprint density at radius 3 is 2.57 bits per heavy atom. The van der Waals surface area contributed by atoms with Crippen LogP contribution in [0.3, 0.4) is 0 Å². The van der Waals surface area contributed by atoms with E-state index in [0.29, 0.717) is 0 Å². The summed E-state index contributed by atoms with van der Waals surface area (Å²) < 4.78 is 2.27. The molecular weight excluding hydrogens is 413 g/mol. The zero-order chi connectivity index (χ0) is 15.4. The molecule has 0 aliphatic rings. The summed E-state index contributed by atoms with van der Waals surface area (Å²) in [6.07, 6.45) is 0.905.